The van der Waals surface area contributed by atoms with E-state index in [0.29, 0.717) is 55.2 Å². The van der Waals surface area contributed by atoms with E-state index < -0.39 is 6.04 Å². The third kappa shape index (κ3) is 8.15. The first kappa shape index (κ1) is 32.2. The highest BCUT2D eigenvalue weighted by molar-refractivity contribution is 5.94. The Kier molecular flexibility index (Phi) is 10.1. The largest absolute Gasteiger partial charge is 0.493 e. The van der Waals surface area contributed by atoms with Crippen LogP contribution in [0.1, 0.15) is 34.3 Å². The van der Waals surface area contributed by atoms with Gasteiger partial charge in [-0.2, -0.15) is 0 Å². The standard InChI is InChI=1S/C36H43N5O6/c1-39-17-19-40(20-18-39)28-9-7-27(8-10-28)36(44)41-16-15-31-30(23-41)38-35(43)24-46-32-13-5-25(21-33(32)45-2)6-14-34(42)37-22-26-3-11-29(47-31)12-4-26/h3-5,7-13,21,30-31H,6,14-20,22-24H2,1-2H3,(H,37,42)(H,38,43)/t30-,31-/m1/s1. The highest BCUT2D eigenvalue weighted by atomic mass is 16.5. The molecule has 3 amide bonds. The van der Waals surface area contributed by atoms with Gasteiger partial charge in [-0.3, -0.25) is 14.4 Å². The second-order valence-corrected chi connectivity index (χ2v) is 12.4. The lowest BCUT2D eigenvalue weighted by Gasteiger charge is -2.39. The number of carbonyl (C=O) groups is 3. The van der Waals surface area contributed by atoms with Gasteiger partial charge in [-0.15, -0.1) is 0 Å². The number of anilines is 1. The molecule has 0 radical (unpaired) electrons. The van der Waals surface area contributed by atoms with E-state index in [4.69, 9.17) is 14.2 Å². The molecule has 4 bridgehead atoms. The molecule has 2 saturated heterocycles. The average Bonchev–Trinajstić information content (AvgIpc) is 3.10. The monoisotopic (exact) mass is 641 g/mol. The number of benzene rings is 3. The SMILES string of the molecule is COc1cc2ccc1OCC(=O)N[C@@H]1CN(C(=O)c3ccc(N4CCN(C)CC4)cc3)CC[C@H]1Oc1ccc(cc1)CNC(=O)CC2. The molecule has 0 unspecified atom stereocenters. The van der Waals surface area contributed by atoms with Crippen molar-refractivity contribution in [3.63, 3.8) is 0 Å². The van der Waals surface area contributed by atoms with Gasteiger partial charge in [0.25, 0.3) is 11.8 Å². The molecule has 2 atom stereocenters. The number of aryl methyl sites for hydroxylation is 1. The van der Waals surface area contributed by atoms with Crippen molar-refractivity contribution in [2.75, 3.05) is 64.9 Å². The maximum absolute atomic E-state index is 13.7. The van der Waals surface area contributed by atoms with Crippen LogP contribution in [-0.4, -0.2) is 99.7 Å². The van der Waals surface area contributed by atoms with Crippen LogP contribution in [0.3, 0.4) is 0 Å². The molecule has 6 aliphatic heterocycles. The smallest absolute Gasteiger partial charge is 0.258 e. The van der Waals surface area contributed by atoms with Gasteiger partial charge < -0.3 is 39.5 Å². The molecule has 11 heteroatoms. The molecule has 3 aromatic carbocycles. The van der Waals surface area contributed by atoms with Crippen LogP contribution in [0.5, 0.6) is 17.2 Å². The predicted molar refractivity (Wildman–Crippen MR) is 178 cm³/mol. The molecular weight excluding hydrogens is 598 g/mol. The Bertz CT molecular complexity index is 1560. The van der Waals surface area contributed by atoms with Crippen molar-refractivity contribution in [1.29, 1.82) is 0 Å². The Morgan fingerprint density at radius 3 is 2.36 bits per heavy atom. The fourth-order valence-electron chi connectivity index (χ4n) is 6.24. The van der Waals surface area contributed by atoms with E-state index >= 15 is 0 Å². The summed E-state index contributed by atoms with van der Waals surface area (Å²) in [5.41, 5.74) is 3.60. The van der Waals surface area contributed by atoms with E-state index in [1.54, 1.807) is 11.0 Å². The van der Waals surface area contributed by atoms with Gasteiger partial charge >= 0.3 is 0 Å². The molecule has 248 valence electrons. The minimum absolute atomic E-state index is 0.0502. The number of piperazine rings is 1. The number of carbonyl (C=O) groups excluding carboxylic acids is 3. The lowest BCUT2D eigenvalue weighted by Crippen LogP contribution is -2.58. The van der Waals surface area contributed by atoms with Crippen LogP contribution in [0.4, 0.5) is 5.69 Å². The second-order valence-electron chi connectivity index (χ2n) is 12.4. The molecule has 6 aliphatic rings. The van der Waals surface area contributed by atoms with Crippen molar-refractivity contribution < 1.29 is 28.6 Å². The molecule has 2 fully saturated rings. The fourth-order valence-corrected chi connectivity index (χ4v) is 6.24. The maximum Gasteiger partial charge on any atom is 0.258 e. The number of piperidine rings is 1. The number of ether oxygens (including phenoxy) is 3. The molecule has 9 rings (SSSR count). The lowest BCUT2D eigenvalue weighted by molar-refractivity contribution is -0.125. The van der Waals surface area contributed by atoms with Crippen molar-refractivity contribution >= 4 is 23.4 Å². The first-order valence-corrected chi connectivity index (χ1v) is 16.3. The maximum atomic E-state index is 13.7. The fraction of sp³-hybridized carbons (Fsp3) is 0.417. The minimum Gasteiger partial charge on any atom is -0.493 e. The molecule has 2 N–H and O–H groups in total. The normalized spacial score (nSPS) is 21.1. The van der Waals surface area contributed by atoms with E-state index in [-0.39, 0.29) is 37.0 Å². The van der Waals surface area contributed by atoms with Gasteiger partial charge in [-0.05, 0) is 73.1 Å². The molecule has 0 aliphatic carbocycles. The third-order valence-electron chi connectivity index (χ3n) is 9.09. The first-order chi connectivity index (χ1) is 22.8. The number of nitrogens with zero attached hydrogens (tertiary/aromatic N) is 3. The van der Waals surface area contributed by atoms with Crippen molar-refractivity contribution in [3.05, 3.63) is 83.4 Å². The van der Waals surface area contributed by atoms with Crippen LogP contribution in [0.15, 0.2) is 66.7 Å². The van der Waals surface area contributed by atoms with E-state index in [1.165, 1.54) is 7.11 Å². The first-order valence-electron chi connectivity index (χ1n) is 16.3. The molecule has 3 aromatic rings. The molecule has 0 saturated carbocycles. The lowest BCUT2D eigenvalue weighted by atomic mass is 10.00. The highest BCUT2D eigenvalue weighted by Crippen LogP contribution is 2.29. The van der Waals surface area contributed by atoms with E-state index in [1.807, 2.05) is 60.7 Å². The zero-order valence-electron chi connectivity index (χ0n) is 27.1. The summed E-state index contributed by atoms with van der Waals surface area (Å²) in [7, 11) is 3.67. The van der Waals surface area contributed by atoms with E-state index in [0.717, 1.165) is 43.0 Å². The Morgan fingerprint density at radius 1 is 0.872 bits per heavy atom. The van der Waals surface area contributed by atoms with Crippen LogP contribution >= 0.6 is 0 Å². The van der Waals surface area contributed by atoms with Crippen molar-refractivity contribution in [1.82, 2.24) is 20.4 Å². The summed E-state index contributed by atoms with van der Waals surface area (Å²) in [5, 5.41) is 6.05. The number of rotatable bonds is 3. The number of hydrogen-bond acceptors (Lipinski definition) is 8. The van der Waals surface area contributed by atoms with E-state index in [2.05, 4.69) is 27.5 Å². The molecule has 0 spiro atoms. The van der Waals surface area contributed by atoms with Crippen LogP contribution in [0.2, 0.25) is 0 Å². The average molecular weight is 642 g/mol. The molecular formula is C36H43N5O6. The number of likely N-dealkylation sites (N-methyl/N-ethyl adjacent to an activating group) is 1. The topological polar surface area (TPSA) is 113 Å². The quantitative estimate of drug-likeness (QED) is 0.449. The number of amides is 3. The predicted octanol–water partition coefficient (Wildman–Crippen LogP) is 2.87. The molecule has 47 heavy (non-hydrogen) atoms. The van der Waals surface area contributed by atoms with Gasteiger partial charge in [0.2, 0.25) is 5.91 Å². The van der Waals surface area contributed by atoms with Gasteiger partial charge in [-0.25, -0.2) is 0 Å². The third-order valence-corrected chi connectivity index (χ3v) is 9.09. The van der Waals surface area contributed by atoms with E-state index in [9.17, 15) is 14.4 Å². The number of hydrogen-bond donors (Lipinski definition) is 2. The summed E-state index contributed by atoms with van der Waals surface area (Å²) in [6, 6.07) is 20.4. The zero-order valence-corrected chi connectivity index (χ0v) is 27.1. The summed E-state index contributed by atoms with van der Waals surface area (Å²) >= 11 is 0. The molecule has 0 aromatic heterocycles. The summed E-state index contributed by atoms with van der Waals surface area (Å²) in [6.45, 7) is 4.88. The summed E-state index contributed by atoms with van der Waals surface area (Å²) in [6.07, 6.45) is 1.03. The Morgan fingerprint density at radius 2 is 1.62 bits per heavy atom. The van der Waals surface area contributed by atoms with Gasteiger partial charge in [0.1, 0.15) is 11.9 Å². The van der Waals surface area contributed by atoms with Crippen LogP contribution in [-0.2, 0) is 22.6 Å². The second kappa shape index (κ2) is 14.8. The van der Waals surface area contributed by atoms with Gasteiger partial charge in [0.05, 0.1) is 13.2 Å². The van der Waals surface area contributed by atoms with Crippen LogP contribution in [0.25, 0.3) is 0 Å². The van der Waals surface area contributed by atoms with Gasteiger partial charge in [0.15, 0.2) is 18.1 Å². The van der Waals surface area contributed by atoms with Crippen LogP contribution in [0, 0.1) is 0 Å². The number of nitrogens with one attached hydrogen (secondary N) is 2. The minimum atomic E-state index is -0.470. The molecule has 6 heterocycles. The van der Waals surface area contributed by atoms with Crippen molar-refractivity contribution in [3.8, 4) is 17.2 Å². The van der Waals surface area contributed by atoms with Crippen LogP contribution < -0.4 is 29.7 Å². The zero-order chi connectivity index (χ0) is 32.8. The van der Waals surface area contributed by atoms with Crippen molar-refractivity contribution in [2.24, 2.45) is 0 Å². The molecule has 11 nitrogen and oxygen atoms in total. The van der Waals surface area contributed by atoms with Crippen molar-refractivity contribution in [2.45, 2.75) is 38.0 Å². The Balaban J connectivity index is 1.18. The Hall–Kier alpha value is -4.77. The summed E-state index contributed by atoms with van der Waals surface area (Å²) in [4.78, 5) is 45.9. The van der Waals surface area contributed by atoms with Gasteiger partial charge in [0, 0.05) is 69.9 Å². The highest BCUT2D eigenvalue weighted by Gasteiger charge is 2.35. The number of likely N-dealkylation sites (tertiary alicyclic amines) is 1. The van der Waals surface area contributed by atoms with Gasteiger partial charge in [-0.1, -0.05) is 18.2 Å². The summed E-state index contributed by atoms with van der Waals surface area (Å²) in [5.74, 6) is 1.10. The summed E-state index contributed by atoms with van der Waals surface area (Å²) < 4.78 is 17.8. The number of methoxy groups -OCH3 is 1. The Labute approximate surface area is 275 Å².